The van der Waals surface area contributed by atoms with Crippen LogP contribution in [0.4, 0.5) is 0 Å². The molecule has 6 N–H and O–H groups in total. The van der Waals surface area contributed by atoms with E-state index in [0.717, 1.165) is 37.1 Å². The summed E-state index contributed by atoms with van der Waals surface area (Å²) >= 11 is 0. The number of carbonyl (C=O) groups excluding carboxylic acids is 2. The molecule has 1 aliphatic heterocycles. The van der Waals surface area contributed by atoms with Crippen molar-refractivity contribution in [1.29, 1.82) is 0 Å². The van der Waals surface area contributed by atoms with E-state index in [0.29, 0.717) is 25.3 Å². The summed E-state index contributed by atoms with van der Waals surface area (Å²) in [5.74, 6) is -2.80. The van der Waals surface area contributed by atoms with Crippen molar-refractivity contribution < 1.29 is 30.0 Å². The fourth-order valence-electron chi connectivity index (χ4n) is 6.50. The van der Waals surface area contributed by atoms with E-state index < -0.39 is 23.7 Å². The zero-order chi connectivity index (χ0) is 24.3. The average Bonchev–Trinajstić information content (AvgIpc) is 2.76. The normalized spacial score (nSPS) is 30.1. The molecule has 1 amide bonds. The van der Waals surface area contributed by atoms with Crippen LogP contribution >= 0.6 is 0 Å². The molecular weight excluding hydrogens is 436 g/mol. The minimum Gasteiger partial charge on any atom is -0.512 e. The summed E-state index contributed by atoms with van der Waals surface area (Å²) in [7, 11) is 0. The number of aromatic hydroxyl groups is 1. The second-order valence-corrected chi connectivity index (χ2v) is 10.5. The maximum absolute atomic E-state index is 13.6. The van der Waals surface area contributed by atoms with Gasteiger partial charge in [-0.25, -0.2) is 0 Å². The smallest absolute Gasteiger partial charge is 0.250 e. The molecule has 5 rings (SSSR count). The lowest BCUT2D eigenvalue weighted by atomic mass is 9.62. The first-order valence-corrected chi connectivity index (χ1v) is 12.1. The lowest BCUT2D eigenvalue weighted by molar-refractivity contribution is -0.116. The number of amides is 1. The number of phenolic OH excluding ortho intramolecular Hbond substituents is 1. The number of hydrogen-bond acceptors (Lipinski definition) is 7. The van der Waals surface area contributed by atoms with Gasteiger partial charge in [-0.05, 0) is 73.7 Å². The Kier molecular flexibility index (Phi) is 5.68. The largest absolute Gasteiger partial charge is 0.512 e. The van der Waals surface area contributed by atoms with Gasteiger partial charge in [-0.1, -0.05) is 13.0 Å². The second kappa shape index (κ2) is 8.43. The molecule has 182 valence electrons. The van der Waals surface area contributed by atoms with E-state index in [1.165, 1.54) is 0 Å². The van der Waals surface area contributed by atoms with Crippen molar-refractivity contribution in [2.24, 2.45) is 29.4 Å². The summed E-state index contributed by atoms with van der Waals surface area (Å²) in [6.07, 6.45) is 1.85. The molecule has 4 atom stereocenters. The number of allylic oxidation sites excluding steroid dienone is 2. The van der Waals surface area contributed by atoms with Gasteiger partial charge in [-0.15, -0.1) is 0 Å². The predicted octanol–water partition coefficient (Wildman–Crippen LogP) is 2.49. The Morgan fingerprint density at radius 1 is 1.15 bits per heavy atom. The van der Waals surface area contributed by atoms with Crippen molar-refractivity contribution in [2.75, 3.05) is 13.1 Å². The molecule has 0 spiro atoms. The topological polar surface area (TPSA) is 144 Å². The zero-order valence-electron chi connectivity index (χ0n) is 19.3. The van der Waals surface area contributed by atoms with Gasteiger partial charge in [0.1, 0.15) is 17.3 Å². The number of hydrogen-bond donors (Lipinski definition) is 5. The highest BCUT2D eigenvalue weighted by molar-refractivity contribution is 6.13. The number of piperidine rings is 1. The molecule has 3 aliphatic carbocycles. The Morgan fingerprint density at radius 3 is 2.53 bits per heavy atom. The lowest BCUT2D eigenvalue weighted by Crippen LogP contribution is -2.45. The van der Waals surface area contributed by atoms with Gasteiger partial charge < -0.3 is 26.2 Å². The van der Waals surface area contributed by atoms with Gasteiger partial charge in [-0.3, -0.25) is 14.5 Å². The molecule has 4 unspecified atom stereocenters. The van der Waals surface area contributed by atoms with Crippen LogP contribution in [0.15, 0.2) is 34.8 Å². The molecule has 1 aromatic rings. The Hall–Kier alpha value is -2.84. The van der Waals surface area contributed by atoms with Crippen molar-refractivity contribution in [3.63, 3.8) is 0 Å². The molecule has 0 aromatic heterocycles. The van der Waals surface area contributed by atoms with Crippen LogP contribution < -0.4 is 5.73 Å². The summed E-state index contributed by atoms with van der Waals surface area (Å²) < 4.78 is 0. The number of aliphatic hydroxyl groups is 3. The van der Waals surface area contributed by atoms with Crippen molar-refractivity contribution in [3.05, 3.63) is 51.5 Å². The van der Waals surface area contributed by atoms with E-state index in [1.807, 2.05) is 6.07 Å². The number of carbonyl (C=O) groups is 2. The molecule has 0 saturated carbocycles. The van der Waals surface area contributed by atoms with Gasteiger partial charge in [0.15, 0.2) is 5.78 Å². The molecule has 8 nitrogen and oxygen atoms in total. The number of rotatable bonds is 3. The van der Waals surface area contributed by atoms with Crippen LogP contribution in [0, 0.1) is 23.7 Å². The zero-order valence-corrected chi connectivity index (χ0v) is 19.3. The van der Waals surface area contributed by atoms with E-state index >= 15 is 0 Å². The minimum absolute atomic E-state index is 0.105. The van der Waals surface area contributed by atoms with E-state index in [4.69, 9.17) is 5.73 Å². The van der Waals surface area contributed by atoms with Crippen LogP contribution in [0.3, 0.4) is 0 Å². The van der Waals surface area contributed by atoms with Gasteiger partial charge in [0.2, 0.25) is 0 Å². The quantitative estimate of drug-likeness (QED) is 0.458. The van der Waals surface area contributed by atoms with E-state index in [2.05, 4.69) is 11.8 Å². The Morgan fingerprint density at radius 2 is 1.85 bits per heavy atom. The number of nitrogens with two attached hydrogens (primary N) is 1. The van der Waals surface area contributed by atoms with Gasteiger partial charge in [0, 0.05) is 18.5 Å². The van der Waals surface area contributed by atoms with Gasteiger partial charge >= 0.3 is 0 Å². The average molecular weight is 469 g/mol. The highest BCUT2D eigenvalue weighted by Gasteiger charge is 2.50. The molecule has 4 aliphatic rings. The first-order chi connectivity index (χ1) is 16.2. The Balaban J connectivity index is 1.52. The molecule has 8 heteroatoms. The summed E-state index contributed by atoms with van der Waals surface area (Å²) in [6.45, 7) is 4.96. The van der Waals surface area contributed by atoms with E-state index in [-0.39, 0.29) is 52.2 Å². The number of ketones is 1. The molecule has 1 heterocycles. The number of benzene rings is 1. The number of Topliss-reactive ketones (excluding diaryl/α,β-unsaturated/α-hetero) is 1. The highest BCUT2D eigenvalue weighted by Crippen LogP contribution is 2.50. The maximum atomic E-state index is 13.6. The van der Waals surface area contributed by atoms with Crippen LogP contribution in [0.5, 0.6) is 5.75 Å². The first kappa shape index (κ1) is 22.9. The van der Waals surface area contributed by atoms with Crippen molar-refractivity contribution in [3.8, 4) is 5.75 Å². The summed E-state index contributed by atoms with van der Waals surface area (Å²) in [4.78, 5) is 27.8. The second-order valence-electron chi connectivity index (χ2n) is 10.5. The van der Waals surface area contributed by atoms with Crippen LogP contribution in [0.2, 0.25) is 0 Å². The van der Waals surface area contributed by atoms with Crippen molar-refractivity contribution >= 4 is 11.7 Å². The summed E-state index contributed by atoms with van der Waals surface area (Å²) in [5, 5.41) is 42.9. The van der Waals surface area contributed by atoms with E-state index in [9.17, 15) is 30.0 Å². The first-order valence-electron chi connectivity index (χ1n) is 12.1. The minimum atomic E-state index is -1.49. The molecule has 0 radical (unpaired) electrons. The number of aliphatic hydroxyl groups excluding tert-OH is 3. The molecular formula is C26H32N2O6. The van der Waals surface area contributed by atoms with Gasteiger partial charge in [0.05, 0.1) is 23.2 Å². The molecule has 0 bridgehead atoms. The predicted molar refractivity (Wildman–Crippen MR) is 124 cm³/mol. The lowest BCUT2D eigenvalue weighted by Gasteiger charge is -2.44. The third kappa shape index (κ3) is 3.60. The molecule has 1 saturated heterocycles. The molecule has 34 heavy (non-hydrogen) atoms. The Labute approximate surface area is 198 Å². The highest BCUT2D eigenvalue weighted by atomic mass is 16.3. The molecule has 1 aromatic carbocycles. The van der Waals surface area contributed by atoms with Gasteiger partial charge in [0.25, 0.3) is 5.91 Å². The monoisotopic (exact) mass is 468 g/mol. The van der Waals surface area contributed by atoms with Gasteiger partial charge in [-0.2, -0.15) is 0 Å². The van der Waals surface area contributed by atoms with Crippen molar-refractivity contribution in [2.45, 2.75) is 51.7 Å². The third-order valence-corrected chi connectivity index (χ3v) is 8.34. The van der Waals surface area contributed by atoms with Crippen molar-refractivity contribution in [1.82, 2.24) is 4.90 Å². The number of fused-ring (bicyclic) bond motifs is 3. The Bertz CT molecular complexity index is 1110. The number of primary amides is 1. The maximum Gasteiger partial charge on any atom is 0.250 e. The standard InChI is InChI=1S/C26H32N2O6/c1-12-4-6-28(7-5-12)11-13-2-3-17(29)21-16(13)9-14-8-15-10-18(30)22(26(27)34)25(33)20(15)23(31)19(14)24(21)32/h2-3,12,14-15,20,25,29-31,33H,4-11H2,1H3,(H2,27,34). The number of phenols is 1. The fourth-order valence-corrected chi connectivity index (χ4v) is 6.50. The molecule has 1 fully saturated rings. The SMILES string of the molecule is CC1CCN(Cc2ccc(O)c3c2CC2CC4CC(O)=C(C(N)=O)C(O)C4C(O)=C2C3=O)CC1. The van der Waals surface area contributed by atoms with Crippen LogP contribution in [0.1, 0.15) is 54.1 Å². The van der Waals surface area contributed by atoms with Crippen LogP contribution in [-0.2, 0) is 17.8 Å². The van der Waals surface area contributed by atoms with Crippen LogP contribution in [-0.4, -0.2) is 56.2 Å². The fraction of sp³-hybridized carbons (Fsp3) is 0.538. The number of likely N-dealkylation sites (tertiary alicyclic amines) is 1. The third-order valence-electron chi connectivity index (χ3n) is 8.34. The number of nitrogens with zero attached hydrogens (tertiary/aromatic N) is 1. The van der Waals surface area contributed by atoms with Crippen LogP contribution in [0.25, 0.3) is 0 Å². The summed E-state index contributed by atoms with van der Waals surface area (Å²) in [5.41, 5.74) is 7.27. The summed E-state index contributed by atoms with van der Waals surface area (Å²) in [6, 6.07) is 3.43. The van der Waals surface area contributed by atoms with E-state index in [1.54, 1.807) is 6.07 Å².